The topological polar surface area (TPSA) is 82.3 Å². The largest absolute Gasteiger partial charge is 0.452 e. The minimum absolute atomic E-state index is 0.180. The van der Waals surface area contributed by atoms with Gasteiger partial charge in [0.1, 0.15) is 5.69 Å². The Labute approximate surface area is 163 Å². The van der Waals surface area contributed by atoms with Crippen LogP contribution in [0.15, 0.2) is 47.3 Å². The Balaban J connectivity index is 1.74. The van der Waals surface area contributed by atoms with Crippen LogP contribution < -0.4 is 10.9 Å². The molecule has 0 saturated carbocycles. The molecule has 2 aromatic rings. The van der Waals surface area contributed by atoms with Crippen molar-refractivity contribution in [3.63, 3.8) is 0 Å². The van der Waals surface area contributed by atoms with Crippen molar-refractivity contribution in [3.05, 3.63) is 58.5 Å². The van der Waals surface area contributed by atoms with Gasteiger partial charge in [0, 0.05) is 7.05 Å². The maximum absolute atomic E-state index is 12.9. The molecule has 1 heterocycles. The number of anilines is 1. The third-order valence-corrected chi connectivity index (χ3v) is 5.07. The summed E-state index contributed by atoms with van der Waals surface area (Å²) in [4.78, 5) is 37.6. The van der Waals surface area contributed by atoms with Gasteiger partial charge in [0.05, 0.1) is 17.3 Å². The lowest BCUT2D eigenvalue weighted by atomic mass is 9.95. The number of carbonyl (C=O) groups excluding carboxylic acids is 2. The minimum atomic E-state index is -0.984. The van der Waals surface area contributed by atoms with E-state index in [9.17, 15) is 14.4 Å². The molecule has 1 aliphatic rings. The molecule has 3 rings (SSSR count). The highest BCUT2D eigenvalue weighted by Crippen LogP contribution is 2.20. The van der Waals surface area contributed by atoms with Crippen molar-refractivity contribution in [3.8, 4) is 5.69 Å². The zero-order valence-corrected chi connectivity index (χ0v) is 16.3. The zero-order chi connectivity index (χ0) is 20.3. The molecular formula is C21H25N3O4. The molecule has 1 aliphatic carbocycles. The predicted molar refractivity (Wildman–Crippen MR) is 106 cm³/mol. The van der Waals surface area contributed by atoms with Crippen molar-refractivity contribution in [1.82, 2.24) is 9.36 Å². The summed E-state index contributed by atoms with van der Waals surface area (Å²) in [5.74, 6) is -1.11. The van der Waals surface area contributed by atoms with Gasteiger partial charge in [-0.3, -0.25) is 19.1 Å². The second kappa shape index (κ2) is 8.29. The Morgan fingerprint density at radius 3 is 2.57 bits per heavy atom. The van der Waals surface area contributed by atoms with Gasteiger partial charge in [0.15, 0.2) is 6.10 Å². The first kappa shape index (κ1) is 19.7. The molecule has 0 fully saturated rings. The zero-order valence-electron chi connectivity index (χ0n) is 16.3. The Morgan fingerprint density at radius 1 is 1.21 bits per heavy atom. The Kier molecular flexibility index (Phi) is 5.82. The van der Waals surface area contributed by atoms with Crippen LogP contribution in [-0.2, 0) is 21.4 Å². The monoisotopic (exact) mass is 383 g/mol. The van der Waals surface area contributed by atoms with Crippen LogP contribution in [0.1, 0.15) is 31.9 Å². The van der Waals surface area contributed by atoms with Crippen LogP contribution in [0.4, 0.5) is 5.69 Å². The number of para-hydroxylation sites is 1. The SMILES string of the molecule is Cc1c(NC(=O)[C@H](C)OC(=O)[C@H]2CC=CCC2)c(=O)n(-c2ccccc2)n1C. The number of carbonyl (C=O) groups is 2. The summed E-state index contributed by atoms with van der Waals surface area (Å²) in [6.07, 6.45) is 5.20. The van der Waals surface area contributed by atoms with E-state index in [1.54, 1.807) is 18.7 Å². The van der Waals surface area contributed by atoms with Gasteiger partial charge in [-0.25, -0.2) is 4.68 Å². The first-order chi connectivity index (χ1) is 13.4. The van der Waals surface area contributed by atoms with E-state index in [4.69, 9.17) is 4.74 Å². The fourth-order valence-corrected chi connectivity index (χ4v) is 3.27. The fraction of sp³-hybridized carbons (Fsp3) is 0.381. The molecule has 7 heteroatoms. The average Bonchev–Trinajstić information content (AvgIpc) is 2.92. The van der Waals surface area contributed by atoms with E-state index in [0.29, 0.717) is 17.8 Å². The number of hydrogen-bond acceptors (Lipinski definition) is 4. The summed E-state index contributed by atoms with van der Waals surface area (Å²) in [6, 6.07) is 9.17. The Hall–Kier alpha value is -3.09. The molecule has 0 unspecified atom stereocenters. The molecule has 28 heavy (non-hydrogen) atoms. The number of hydrogen-bond donors (Lipinski definition) is 1. The van der Waals surface area contributed by atoms with E-state index in [2.05, 4.69) is 5.32 Å². The third-order valence-electron chi connectivity index (χ3n) is 5.07. The normalized spacial score (nSPS) is 17.2. The molecule has 1 aromatic heterocycles. The lowest BCUT2D eigenvalue weighted by Gasteiger charge is -2.19. The molecular weight excluding hydrogens is 358 g/mol. The number of nitrogens with zero attached hydrogens (tertiary/aromatic N) is 2. The van der Waals surface area contributed by atoms with Gasteiger partial charge in [-0.15, -0.1) is 0 Å². The first-order valence-electron chi connectivity index (χ1n) is 9.40. The lowest BCUT2D eigenvalue weighted by molar-refractivity contribution is -0.157. The molecule has 0 spiro atoms. The number of rotatable bonds is 5. The lowest BCUT2D eigenvalue weighted by Crippen LogP contribution is -2.34. The van der Waals surface area contributed by atoms with Gasteiger partial charge < -0.3 is 10.1 Å². The molecule has 0 radical (unpaired) electrons. The molecule has 2 atom stereocenters. The highest BCUT2D eigenvalue weighted by Gasteiger charge is 2.26. The van der Waals surface area contributed by atoms with Crippen molar-refractivity contribution in [1.29, 1.82) is 0 Å². The number of aromatic nitrogens is 2. The Morgan fingerprint density at radius 2 is 1.93 bits per heavy atom. The molecule has 7 nitrogen and oxygen atoms in total. The van der Waals surface area contributed by atoms with Gasteiger partial charge >= 0.3 is 5.97 Å². The van der Waals surface area contributed by atoms with Gasteiger partial charge in [0.25, 0.3) is 11.5 Å². The maximum atomic E-state index is 12.9. The van der Waals surface area contributed by atoms with Crippen LogP contribution in [0.3, 0.4) is 0 Å². The van der Waals surface area contributed by atoms with Crippen molar-refractivity contribution in [2.45, 2.75) is 39.2 Å². The first-order valence-corrected chi connectivity index (χ1v) is 9.40. The number of esters is 1. The smallest absolute Gasteiger partial charge is 0.310 e. The van der Waals surface area contributed by atoms with Crippen LogP contribution in [0, 0.1) is 12.8 Å². The average molecular weight is 383 g/mol. The van der Waals surface area contributed by atoms with Crippen molar-refractivity contribution in [2.24, 2.45) is 13.0 Å². The van der Waals surface area contributed by atoms with E-state index in [1.807, 2.05) is 42.5 Å². The summed E-state index contributed by atoms with van der Waals surface area (Å²) in [7, 11) is 1.75. The van der Waals surface area contributed by atoms with Gasteiger partial charge in [0.2, 0.25) is 0 Å². The van der Waals surface area contributed by atoms with Crippen LogP contribution >= 0.6 is 0 Å². The predicted octanol–water partition coefficient (Wildman–Crippen LogP) is 2.71. The summed E-state index contributed by atoms with van der Waals surface area (Å²) in [6.45, 7) is 3.27. The number of ether oxygens (including phenoxy) is 1. The molecule has 148 valence electrons. The molecule has 1 aromatic carbocycles. The molecule has 0 saturated heterocycles. The maximum Gasteiger partial charge on any atom is 0.310 e. The van der Waals surface area contributed by atoms with Gasteiger partial charge in [-0.2, -0.15) is 0 Å². The second-order valence-electron chi connectivity index (χ2n) is 6.99. The highest BCUT2D eigenvalue weighted by molar-refractivity contribution is 5.95. The summed E-state index contributed by atoms with van der Waals surface area (Å²) >= 11 is 0. The van der Waals surface area contributed by atoms with Crippen LogP contribution in [0.2, 0.25) is 0 Å². The quantitative estimate of drug-likeness (QED) is 0.636. The van der Waals surface area contributed by atoms with E-state index in [1.165, 1.54) is 11.6 Å². The number of benzene rings is 1. The van der Waals surface area contributed by atoms with Crippen molar-refractivity contribution >= 4 is 17.6 Å². The van der Waals surface area contributed by atoms with Gasteiger partial charge in [-0.1, -0.05) is 30.4 Å². The van der Waals surface area contributed by atoms with Crippen LogP contribution in [0.5, 0.6) is 0 Å². The molecule has 1 N–H and O–H groups in total. The summed E-state index contributed by atoms with van der Waals surface area (Å²) in [5, 5.41) is 2.63. The van der Waals surface area contributed by atoms with Crippen LogP contribution in [-0.4, -0.2) is 27.3 Å². The van der Waals surface area contributed by atoms with E-state index >= 15 is 0 Å². The van der Waals surface area contributed by atoms with Crippen LogP contribution in [0.25, 0.3) is 5.69 Å². The van der Waals surface area contributed by atoms with Crippen molar-refractivity contribution < 1.29 is 14.3 Å². The summed E-state index contributed by atoms with van der Waals surface area (Å²) in [5.41, 5.74) is 1.15. The number of amides is 1. The van der Waals surface area contributed by atoms with E-state index < -0.39 is 12.0 Å². The number of nitrogens with one attached hydrogen (secondary N) is 1. The highest BCUT2D eigenvalue weighted by atomic mass is 16.5. The summed E-state index contributed by atoms with van der Waals surface area (Å²) < 4.78 is 8.49. The standard InChI is InChI=1S/C21H25N3O4/c1-14-18(20(26)24(23(14)3)17-12-8-5-9-13-17)22-19(25)15(2)28-21(27)16-10-6-4-7-11-16/h4-6,8-9,12-13,15-16H,7,10-11H2,1-3H3,(H,22,25)/t15-,16-/m0/s1. The number of allylic oxidation sites excluding steroid dienone is 2. The van der Waals surface area contributed by atoms with Gasteiger partial charge in [-0.05, 0) is 45.2 Å². The molecule has 0 aliphatic heterocycles. The molecule has 1 amide bonds. The van der Waals surface area contributed by atoms with Crippen molar-refractivity contribution in [2.75, 3.05) is 5.32 Å². The van der Waals surface area contributed by atoms with E-state index in [0.717, 1.165) is 12.8 Å². The molecule has 0 bridgehead atoms. The minimum Gasteiger partial charge on any atom is -0.452 e. The fourth-order valence-electron chi connectivity index (χ4n) is 3.27. The Bertz CT molecular complexity index is 956. The second-order valence-corrected chi connectivity index (χ2v) is 6.99. The van der Waals surface area contributed by atoms with E-state index in [-0.39, 0.29) is 23.1 Å². The third kappa shape index (κ3) is 3.93.